The first-order valence-electron chi connectivity index (χ1n) is 7.26. The number of nitrogens with one attached hydrogen (secondary N) is 1. The van der Waals surface area contributed by atoms with Crippen LogP contribution in [0.3, 0.4) is 0 Å². The Labute approximate surface area is 109 Å². The molecule has 2 heterocycles. The Morgan fingerprint density at radius 3 is 3.06 bits per heavy atom. The van der Waals surface area contributed by atoms with E-state index in [0.717, 1.165) is 32.2 Å². The minimum Gasteiger partial charge on any atom is -0.378 e. The summed E-state index contributed by atoms with van der Waals surface area (Å²) in [5, 5.41) is 3.55. The minimum absolute atomic E-state index is 0.463. The zero-order chi connectivity index (χ0) is 12.2. The maximum atomic E-state index is 5.77. The lowest BCUT2D eigenvalue weighted by atomic mass is 10.1. The number of hydrogen-bond acceptors (Lipinski definition) is 3. The molecule has 0 bridgehead atoms. The van der Waals surface area contributed by atoms with Crippen LogP contribution in [0.25, 0.3) is 0 Å². The van der Waals surface area contributed by atoms with E-state index in [1.54, 1.807) is 0 Å². The Kier molecular flexibility index (Phi) is 3.96. The molecule has 1 aliphatic heterocycles. The Balaban J connectivity index is 1.46. The van der Waals surface area contributed by atoms with Crippen LogP contribution in [0.2, 0.25) is 0 Å². The van der Waals surface area contributed by atoms with Gasteiger partial charge in [0, 0.05) is 31.9 Å². The number of aryl methyl sites for hydroxylation is 1. The summed E-state index contributed by atoms with van der Waals surface area (Å²) < 4.78 is 8.05. The minimum atomic E-state index is 0.463. The van der Waals surface area contributed by atoms with Crippen LogP contribution in [-0.2, 0) is 17.8 Å². The molecule has 2 fully saturated rings. The Morgan fingerprint density at radius 2 is 2.28 bits per heavy atom. The molecule has 0 aromatic carbocycles. The van der Waals surface area contributed by atoms with Crippen molar-refractivity contribution in [2.24, 2.45) is 0 Å². The maximum Gasteiger partial charge on any atom is 0.0948 e. The van der Waals surface area contributed by atoms with Crippen molar-refractivity contribution in [3.8, 4) is 0 Å². The van der Waals surface area contributed by atoms with Gasteiger partial charge < -0.3 is 14.6 Å². The number of rotatable bonds is 6. The SMILES string of the molecule is c1ncn(CCC2CCCCO2)c1CNC1CC1. The normalized spacial score (nSPS) is 24.3. The zero-order valence-corrected chi connectivity index (χ0v) is 11.0. The van der Waals surface area contributed by atoms with Gasteiger partial charge in [0.25, 0.3) is 0 Å². The van der Waals surface area contributed by atoms with Crippen LogP contribution < -0.4 is 5.32 Å². The number of imidazole rings is 1. The molecule has 1 unspecified atom stereocenters. The summed E-state index contributed by atoms with van der Waals surface area (Å²) in [7, 11) is 0. The maximum absolute atomic E-state index is 5.77. The molecule has 0 radical (unpaired) electrons. The second-order valence-electron chi connectivity index (χ2n) is 5.51. The number of nitrogens with zero attached hydrogens (tertiary/aromatic N) is 2. The molecule has 4 heteroatoms. The molecular weight excluding hydrogens is 226 g/mol. The molecular formula is C14H23N3O. The average molecular weight is 249 g/mol. The molecule has 100 valence electrons. The Hall–Kier alpha value is -0.870. The first kappa shape index (κ1) is 12.2. The van der Waals surface area contributed by atoms with Gasteiger partial charge in [-0.15, -0.1) is 0 Å². The van der Waals surface area contributed by atoms with Crippen molar-refractivity contribution in [3.63, 3.8) is 0 Å². The van der Waals surface area contributed by atoms with E-state index in [9.17, 15) is 0 Å². The van der Waals surface area contributed by atoms with E-state index in [0.29, 0.717) is 6.10 Å². The fraction of sp³-hybridized carbons (Fsp3) is 0.786. The lowest BCUT2D eigenvalue weighted by Crippen LogP contribution is -2.22. The number of hydrogen-bond donors (Lipinski definition) is 1. The quantitative estimate of drug-likeness (QED) is 0.839. The summed E-state index contributed by atoms with van der Waals surface area (Å²) in [5.41, 5.74) is 1.30. The molecule has 2 aliphatic rings. The smallest absolute Gasteiger partial charge is 0.0948 e. The Bertz CT molecular complexity index is 367. The van der Waals surface area contributed by atoms with Crippen molar-refractivity contribution >= 4 is 0 Å². The summed E-state index contributed by atoms with van der Waals surface area (Å²) in [5.74, 6) is 0. The lowest BCUT2D eigenvalue weighted by Gasteiger charge is -2.22. The van der Waals surface area contributed by atoms with E-state index in [2.05, 4.69) is 14.9 Å². The number of ether oxygens (including phenoxy) is 1. The van der Waals surface area contributed by atoms with Gasteiger partial charge in [-0.25, -0.2) is 4.98 Å². The largest absolute Gasteiger partial charge is 0.378 e. The number of aromatic nitrogens is 2. The van der Waals surface area contributed by atoms with Gasteiger partial charge in [0.1, 0.15) is 0 Å². The molecule has 4 nitrogen and oxygen atoms in total. The van der Waals surface area contributed by atoms with Gasteiger partial charge in [-0.3, -0.25) is 0 Å². The van der Waals surface area contributed by atoms with Gasteiger partial charge in [-0.05, 0) is 38.5 Å². The van der Waals surface area contributed by atoms with E-state index < -0.39 is 0 Å². The van der Waals surface area contributed by atoms with E-state index in [4.69, 9.17) is 4.74 Å². The fourth-order valence-electron chi connectivity index (χ4n) is 2.55. The van der Waals surface area contributed by atoms with Crippen molar-refractivity contribution in [1.82, 2.24) is 14.9 Å². The van der Waals surface area contributed by atoms with E-state index >= 15 is 0 Å². The molecule has 1 aromatic rings. The molecule has 1 saturated carbocycles. The highest BCUT2D eigenvalue weighted by Gasteiger charge is 2.20. The highest BCUT2D eigenvalue weighted by atomic mass is 16.5. The van der Waals surface area contributed by atoms with Crippen LogP contribution in [0, 0.1) is 0 Å². The molecule has 1 saturated heterocycles. The first-order chi connectivity index (χ1) is 8.92. The molecule has 1 aromatic heterocycles. The highest BCUT2D eigenvalue weighted by Crippen LogP contribution is 2.20. The predicted molar refractivity (Wildman–Crippen MR) is 70.3 cm³/mol. The molecule has 18 heavy (non-hydrogen) atoms. The molecule has 1 N–H and O–H groups in total. The van der Waals surface area contributed by atoms with Gasteiger partial charge in [0.15, 0.2) is 0 Å². The third-order valence-electron chi connectivity index (χ3n) is 3.91. The van der Waals surface area contributed by atoms with Crippen LogP contribution in [0.15, 0.2) is 12.5 Å². The second kappa shape index (κ2) is 5.85. The summed E-state index contributed by atoms with van der Waals surface area (Å²) in [6.45, 7) is 2.94. The van der Waals surface area contributed by atoms with Crippen molar-refractivity contribution in [3.05, 3.63) is 18.2 Å². The monoisotopic (exact) mass is 249 g/mol. The van der Waals surface area contributed by atoms with Crippen molar-refractivity contribution in [2.45, 2.75) is 63.8 Å². The van der Waals surface area contributed by atoms with Gasteiger partial charge in [-0.2, -0.15) is 0 Å². The Morgan fingerprint density at radius 1 is 1.33 bits per heavy atom. The van der Waals surface area contributed by atoms with Crippen molar-refractivity contribution in [1.29, 1.82) is 0 Å². The summed E-state index contributed by atoms with van der Waals surface area (Å²) in [6.07, 6.45) is 12.0. The average Bonchev–Trinajstić information content (AvgIpc) is 3.14. The van der Waals surface area contributed by atoms with Gasteiger partial charge in [-0.1, -0.05) is 0 Å². The highest BCUT2D eigenvalue weighted by molar-refractivity contribution is 4.99. The standard InChI is InChI=1S/C14H23N3O/c1-2-8-18-14(3-1)6-7-17-11-15-9-13(17)10-16-12-4-5-12/h9,11-12,14,16H,1-8,10H2. The fourth-order valence-corrected chi connectivity index (χ4v) is 2.55. The molecule has 1 atom stereocenters. The van der Waals surface area contributed by atoms with Crippen molar-refractivity contribution < 1.29 is 4.74 Å². The van der Waals surface area contributed by atoms with Crippen LogP contribution >= 0.6 is 0 Å². The summed E-state index contributed by atoms with van der Waals surface area (Å²) in [6, 6.07) is 0.759. The van der Waals surface area contributed by atoms with Crippen LogP contribution in [0.4, 0.5) is 0 Å². The van der Waals surface area contributed by atoms with Crippen molar-refractivity contribution in [2.75, 3.05) is 6.61 Å². The van der Waals surface area contributed by atoms with Gasteiger partial charge in [0.05, 0.1) is 18.1 Å². The third-order valence-corrected chi connectivity index (χ3v) is 3.91. The lowest BCUT2D eigenvalue weighted by molar-refractivity contribution is 0.00869. The van der Waals surface area contributed by atoms with Crippen LogP contribution in [-0.4, -0.2) is 28.3 Å². The molecule has 1 aliphatic carbocycles. The molecule has 0 spiro atoms. The van der Waals surface area contributed by atoms with Crippen LogP contribution in [0.1, 0.15) is 44.2 Å². The molecule has 3 rings (SSSR count). The van der Waals surface area contributed by atoms with Gasteiger partial charge in [0.2, 0.25) is 0 Å². The summed E-state index contributed by atoms with van der Waals surface area (Å²) >= 11 is 0. The van der Waals surface area contributed by atoms with E-state index in [-0.39, 0.29) is 0 Å². The predicted octanol–water partition coefficient (Wildman–Crippen LogP) is 2.09. The van der Waals surface area contributed by atoms with E-state index in [1.807, 2.05) is 12.5 Å². The topological polar surface area (TPSA) is 39.1 Å². The van der Waals surface area contributed by atoms with Crippen LogP contribution in [0.5, 0.6) is 0 Å². The summed E-state index contributed by atoms with van der Waals surface area (Å²) in [4.78, 5) is 4.27. The first-order valence-corrected chi connectivity index (χ1v) is 7.26. The zero-order valence-electron chi connectivity index (χ0n) is 11.0. The molecule has 0 amide bonds. The van der Waals surface area contributed by atoms with E-state index in [1.165, 1.54) is 37.8 Å². The second-order valence-corrected chi connectivity index (χ2v) is 5.51. The van der Waals surface area contributed by atoms with Gasteiger partial charge >= 0.3 is 0 Å². The third kappa shape index (κ3) is 3.33.